The number of ether oxygens (including phenoxy) is 1. The van der Waals surface area contributed by atoms with Gasteiger partial charge in [-0.3, -0.25) is 14.9 Å². The summed E-state index contributed by atoms with van der Waals surface area (Å²) in [6, 6.07) is 3.95. The van der Waals surface area contributed by atoms with Crippen LogP contribution >= 0.6 is 23.1 Å². The zero-order chi connectivity index (χ0) is 17.9. The molecule has 2 N–H and O–H groups in total. The third kappa shape index (κ3) is 4.30. The zero-order valence-corrected chi connectivity index (χ0v) is 14.3. The number of hydrogen-bond donors (Lipinski definition) is 1. The van der Waals surface area contributed by atoms with Gasteiger partial charge in [0.1, 0.15) is 0 Å². The highest BCUT2D eigenvalue weighted by atomic mass is 32.2. The highest BCUT2D eigenvalue weighted by Crippen LogP contribution is 2.36. The van der Waals surface area contributed by atoms with Crippen LogP contribution in [0.25, 0.3) is 0 Å². The third-order valence-corrected chi connectivity index (χ3v) is 4.99. The molecule has 1 aromatic carbocycles. The summed E-state index contributed by atoms with van der Waals surface area (Å²) >= 11 is 2.52. The van der Waals surface area contributed by atoms with Crippen LogP contribution in [-0.2, 0) is 9.53 Å². The van der Waals surface area contributed by atoms with E-state index in [1.165, 1.54) is 30.4 Å². The summed E-state index contributed by atoms with van der Waals surface area (Å²) in [5.74, 6) is -1.66. The van der Waals surface area contributed by atoms with Crippen molar-refractivity contribution in [2.75, 3.05) is 0 Å². The maximum Gasteiger partial charge on any atom is 0.339 e. The van der Waals surface area contributed by atoms with Gasteiger partial charge < -0.3 is 10.5 Å². The van der Waals surface area contributed by atoms with Crippen LogP contribution in [0.3, 0.4) is 0 Å². The third-order valence-electron chi connectivity index (χ3n) is 2.87. The van der Waals surface area contributed by atoms with Gasteiger partial charge in [0.2, 0.25) is 0 Å². The maximum absolute atomic E-state index is 11.9. The molecule has 0 aliphatic carbocycles. The summed E-state index contributed by atoms with van der Waals surface area (Å²) in [4.78, 5) is 38.1. The van der Waals surface area contributed by atoms with Gasteiger partial charge in [-0.2, -0.15) is 0 Å². The van der Waals surface area contributed by atoms with E-state index in [2.05, 4.69) is 4.98 Å². The Balaban J connectivity index is 2.27. The Kier molecular flexibility index (Phi) is 5.52. The van der Waals surface area contributed by atoms with Crippen molar-refractivity contribution in [1.82, 2.24) is 4.98 Å². The average molecular weight is 367 g/mol. The Hall–Kier alpha value is -2.46. The van der Waals surface area contributed by atoms with Crippen LogP contribution in [-0.4, -0.2) is 27.9 Å². The molecule has 8 nitrogen and oxygen atoms in total. The number of primary amides is 1. The first-order chi connectivity index (χ1) is 11.3. The molecule has 10 heteroatoms. The number of nitro groups is 1. The van der Waals surface area contributed by atoms with Crippen LogP contribution in [0.15, 0.2) is 32.8 Å². The average Bonchev–Trinajstić information content (AvgIpc) is 2.92. The van der Waals surface area contributed by atoms with Gasteiger partial charge in [-0.25, -0.2) is 9.78 Å². The lowest BCUT2D eigenvalue weighted by Gasteiger charge is -2.10. The molecule has 2 rings (SSSR count). The standard InChI is InChI=1S/C14H13N3O5S2/c1-7-6-23-14(16-7)24-11-4-3-9(5-10(11)17(20)21)13(19)22-8(2)12(15)18/h3-6,8H,1-2H3,(H2,15,18)/t8-/m0/s1. The van der Waals surface area contributed by atoms with Crippen molar-refractivity contribution in [3.8, 4) is 0 Å². The van der Waals surface area contributed by atoms with E-state index in [1.54, 1.807) is 0 Å². The Morgan fingerprint density at radius 2 is 2.17 bits per heavy atom. The van der Waals surface area contributed by atoms with E-state index in [-0.39, 0.29) is 11.3 Å². The van der Waals surface area contributed by atoms with Crippen LogP contribution in [0, 0.1) is 17.0 Å². The first-order valence-corrected chi connectivity index (χ1v) is 8.36. The van der Waals surface area contributed by atoms with Crippen molar-refractivity contribution in [2.45, 2.75) is 29.2 Å². The van der Waals surface area contributed by atoms with Crippen LogP contribution in [0.5, 0.6) is 0 Å². The molecule has 1 amide bonds. The molecule has 1 aromatic heterocycles. The number of thiazole rings is 1. The van der Waals surface area contributed by atoms with Gasteiger partial charge in [0.15, 0.2) is 10.4 Å². The predicted octanol–water partition coefficient (Wildman–Crippen LogP) is 2.54. The lowest BCUT2D eigenvalue weighted by molar-refractivity contribution is -0.387. The van der Waals surface area contributed by atoms with Gasteiger partial charge in [0.25, 0.3) is 11.6 Å². The van der Waals surface area contributed by atoms with E-state index in [9.17, 15) is 19.7 Å². The number of nitrogens with two attached hydrogens (primary N) is 1. The lowest BCUT2D eigenvalue weighted by atomic mass is 10.2. The zero-order valence-electron chi connectivity index (χ0n) is 12.7. The number of nitro benzene ring substituents is 1. The van der Waals surface area contributed by atoms with Crippen molar-refractivity contribution in [2.24, 2.45) is 5.73 Å². The molecule has 0 fully saturated rings. The number of aryl methyl sites for hydroxylation is 1. The Labute approximate surface area is 145 Å². The largest absolute Gasteiger partial charge is 0.449 e. The molecule has 0 radical (unpaired) electrons. The summed E-state index contributed by atoms with van der Waals surface area (Å²) in [5, 5.41) is 13.1. The predicted molar refractivity (Wildman–Crippen MR) is 88.1 cm³/mol. The molecule has 0 unspecified atom stereocenters. The van der Waals surface area contributed by atoms with E-state index in [0.717, 1.165) is 23.5 Å². The Bertz CT molecular complexity index is 805. The molecule has 0 saturated heterocycles. The number of amides is 1. The molecule has 1 heterocycles. The SMILES string of the molecule is Cc1csc(Sc2ccc(C(=O)O[C@@H](C)C(N)=O)cc2[N+](=O)[O-])n1. The first kappa shape index (κ1) is 17.9. The van der Waals surface area contributed by atoms with Crippen LogP contribution in [0.4, 0.5) is 5.69 Å². The van der Waals surface area contributed by atoms with Gasteiger partial charge in [-0.05, 0) is 26.0 Å². The number of esters is 1. The van der Waals surface area contributed by atoms with Crippen LogP contribution in [0.1, 0.15) is 23.0 Å². The number of rotatable bonds is 6. The summed E-state index contributed by atoms with van der Waals surface area (Å²) < 4.78 is 5.50. The second-order valence-electron chi connectivity index (χ2n) is 4.75. The van der Waals surface area contributed by atoms with E-state index in [1.807, 2.05) is 12.3 Å². The molecule has 24 heavy (non-hydrogen) atoms. The van der Waals surface area contributed by atoms with Gasteiger partial charge >= 0.3 is 5.97 Å². The normalized spacial score (nSPS) is 11.8. The highest BCUT2D eigenvalue weighted by molar-refractivity contribution is 8.01. The van der Waals surface area contributed by atoms with Crippen molar-refractivity contribution < 1.29 is 19.2 Å². The van der Waals surface area contributed by atoms with Crippen molar-refractivity contribution in [3.05, 3.63) is 45.0 Å². The molecule has 0 bridgehead atoms. The van der Waals surface area contributed by atoms with Crippen molar-refractivity contribution in [3.63, 3.8) is 0 Å². The van der Waals surface area contributed by atoms with E-state index < -0.39 is 22.9 Å². The molecule has 0 saturated carbocycles. The van der Waals surface area contributed by atoms with Crippen molar-refractivity contribution in [1.29, 1.82) is 0 Å². The molecule has 126 valence electrons. The minimum Gasteiger partial charge on any atom is -0.449 e. The fraction of sp³-hybridized carbons (Fsp3) is 0.214. The van der Waals surface area contributed by atoms with Gasteiger partial charge in [0.05, 0.1) is 15.4 Å². The minimum atomic E-state index is -1.12. The monoisotopic (exact) mass is 367 g/mol. The van der Waals surface area contributed by atoms with Crippen LogP contribution < -0.4 is 5.73 Å². The number of carbonyl (C=O) groups excluding carboxylic acids is 2. The smallest absolute Gasteiger partial charge is 0.339 e. The molecule has 0 spiro atoms. The molecule has 2 aromatic rings. The van der Waals surface area contributed by atoms with Crippen LogP contribution in [0.2, 0.25) is 0 Å². The Morgan fingerprint density at radius 3 is 2.71 bits per heavy atom. The van der Waals surface area contributed by atoms with Gasteiger partial charge in [-0.1, -0.05) is 11.8 Å². The quantitative estimate of drug-likeness (QED) is 0.472. The fourth-order valence-corrected chi connectivity index (χ4v) is 3.51. The molecular weight excluding hydrogens is 354 g/mol. The second-order valence-corrected chi connectivity index (χ2v) is 6.89. The number of aromatic nitrogens is 1. The summed E-state index contributed by atoms with van der Waals surface area (Å²) in [7, 11) is 0. The van der Waals surface area contributed by atoms with E-state index >= 15 is 0 Å². The number of hydrogen-bond acceptors (Lipinski definition) is 8. The number of benzene rings is 1. The minimum absolute atomic E-state index is 0.0329. The number of carbonyl (C=O) groups is 2. The van der Waals surface area contributed by atoms with Gasteiger partial charge in [0, 0.05) is 17.1 Å². The molecule has 0 aliphatic rings. The maximum atomic E-state index is 11.9. The summed E-state index contributed by atoms with van der Waals surface area (Å²) in [5.41, 5.74) is 5.57. The lowest BCUT2D eigenvalue weighted by Crippen LogP contribution is -2.30. The summed E-state index contributed by atoms with van der Waals surface area (Å²) in [6.45, 7) is 3.15. The summed E-state index contributed by atoms with van der Waals surface area (Å²) in [6.07, 6.45) is -1.12. The molecular formula is C14H13N3O5S2. The fourth-order valence-electron chi connectivity index (χ4n) is 1.63. The molecule has 1 atom stereocenters. The molecule has 0 aliphatic heterocycles. The Morgan fingerprint density at radius 1 is 1.46 bits per heavy atom. The second kappa shape index (κ2) is 7.41. The van der Waals surface area contributed by atoms with E-state index in [0.29, 0.717) is 9.24 Å². The first-order valence-electron chi connectivity index (χ1n) is 6.66. The van der Waals surface area contributed by atoms with E-state index in [4.69, 9.17) is 10.5 Å². The number of nitrogens with zero attached hydrogens (tertiary/aromatic N) is 2. The van der Waals surface area contributed by atoms with Gasteiger partial charge in [-0.15, -0.1) is 11.3 Å². The topological polar surface area (TPSA) is 125 Å². The van der Waals surface area contributed by atoms with Crippen molar-refractivity contribution >= 4 is 40.7 Å². The highest BCUT2D eigenvalue weighted by Gasteiger charge is 2.22.